The van der Waals surface area contributed by atoms with Crippen molar-refractivity contribution in [3.05, 3.63) is 35.1 Å². The normalized spacial score (nSPS) is 26.2. The molecule has 1 aromatic rings. The number of aliphatic hydroxyl groups excluding tert-OH is 1. The highest BCUT2D eigenvalue weighted by atomic mass is 19.4. The van der Waals surface area contributed by atoms with Crippen molar-refractivity contribution in [3.63, 3.8) is 0 Å². The first-order valence-corrected chi connectivity index (χ1v) is 5.61. The molecule has 1 aliphatic rings. The summed E-state index contributed by atoms with van der Waals surface area (Å²) in [7, 11) is 0. The fraction of sp³-hybridized carbons (Fsp3) is 0.538. The Balaban J connectivity index is 2.51. The van der Waals surface area contributed by atoms with Gasteiger partial charge in [0.1, 0.15) is 5.82 Å². The van der Waals surface area contributed by atoms with E-state index in [1.165, 1.54) is 0 Å². The van der Waals surface area contributed by atoms with Gasteiger partial charge in [0.25, 0.3) is 0 Å². The van der Waals surface area contributed by atoms with Crippen LogP contribution in [0.4, 0.5) is 17.6 Å². The van der Waals surface area contributed by atoms with Crippen molar-refractivity contribution in [1.82, 2.24) is 0 Å². The van der Waals surface area contributed by atoms with E-state index in [1.54, 1.807) is 0 Å². The van der Waals surface area contributed by atoms with Crippen molar-refractivity contribution in [2.45, 2.75) is 31.9 Å². The van der Waals surface area contributed by atoms with Crippen molar-refractivity contribution >= 4 is 0 Å². The lowest BCUT2D eigenvalue weighted by Crippen LogP contribution is -2.20. The van der Waals surface area contributed by atoms with Crippen LogP contribution in [-0.4, -0.2) is 11.7 Å². The molecule has 1 aromatic carbocycles. The summed E-state index contributed by atoms with van der Waals surface area (Å²) in [6, 6.07) is 2.50. The summed E-state index contributed by atoms with van der Waals surface area (Å²) in [4.78, 5) is 0. The van der Waals surface area contributed by atoms with E-state index in [-0.39, 0.29) is 17.6 Å². The molecule has 0 aromatic heterocycles. The van der Waals surface area contributed by atoms with Gasteiger partial charge in [-0.3, -0.25) is 0 Å². The van der Waals surface area contributed by atoms with Crippen LogP contribution in [0.1, 0.15) is 31.4 Å². The maximum Gasteiger partial charge on any atom is 0.416 e. The summed E-state index contributed by atoms with van der Waals surface area (Å²) in [5, 5.41) is 9.43. The Morgan fingerprint density at radius 2 is 1.78 bits per heavy atom. The largest absolute Gasteiger partial charge is 0.416 e. The van der Waals surface area contributed by atoms with E-state index in [2.05, 4.69) is 0 Å². The second kappa shape index (κ2) is 3.70. The van der Waals surface area contributed by atoms with Gasteiger partial charge in [-0.2, -0.15) is 13.2 Å². The van der Waals surface area contributed by atoms with Gasteiger partial charge in [0, 0.05) is 5.41 Å². The van der Waals surface area contributed by atoms with Crippen LogP contribution in [0.15, 0.2) is 18.2 Å². The van der Waals surface area contributed by atoms with Crippen LogP contribution < -0.4 is 0 Å². The maximum absolute atomic E-state index is 13.3. The van der Waals surface area contributed by atoms with E-state index < -0.39 is 23.0 Å². The highest BCUT2D eigenvalue weighted by Crippen LogP contribution is 2.64. The Labute approximate surface area is 102 Å². The topological polar surface area (TPSA) is 20.2 Å². The standard InChI is InChI=1S/C13H14F4O/c1-11(2)6-12(11,7-18)8-3-9(13(15,16)17)5-10(14)4-8/h3-5,18H,6-7H2,1-2H3. The van der Waals surface area contributed by atoms with Crippen LogP contribution in [0.2, 0.25) is 0 Å². The molecule has 1 atom stereocenters. The molecule has 1 nitrogen and oxygen atoms in total. The minimum absolute atomic E-state index is 0.224. The Morgan fingerprint density at radius 3 is 2.17 bits per heavy atom. The van der Waals surface area contributed by atoms with E-state index >= 15 is 0 Å². The zero-order valence-electron chi connectivity index (χ0n) is 10.1. The minimum atomic E-state index is -4.58. The molecule has 100 valence electrons. The van der Waals surface area contributed by atoms with Crippen LogP contribution in [0.5, 0.6) is 0 Å². The number of aliphatic hydroxyl groups is 1. The maximum atomic E-state index is 13.3. The summed E-state index contributed by atoms with van der Waals surface area (Å²) in [6.45, 7) is 3.42. The Hall–Kier alpha value is -1.10. The molecule has 0 radical (unpaired) electrons. The predicted octanol–water partition coefficient (Wildman–Crippen LogP) is 3.50. The molecular weight excluding hydrogens is 248 g/mol. The molecule has 2 rings (SSSR count). The predicted molar refractivity (Wildman–Crippen MR) is 58.6 cm³/mol. The average Bonchev–Trinajstić information content (AvgIpc) is 2.80. The highest BCUT2D eigenvalue weighted by molar-refractivity contribution is 5.40. The van der Waals surface area contributed by atoms with Crippen LogP contribution in [0, 0.1) is 11.2 Å². The van der Waals surface area contributed by atoms with Crippen LogP contribution in [-0.2, 0) is 11.6 Å². The van der Waals surface area contributed by atoms with E-state index in [1.807, 2.05) is 13.8 Å². The molecular formula is C13H14F4O. The van der Waals surface area contributed by atoms with Crippen molar-refractivity contribution in [2.24, 2.45) is 5.41 Å². The zero-order valence-corrected chi connectivity index (χ0v) is 10.1. The monoisotopic (exact) mass is 262 g/mol. The molecule has 0 spiro atoms. The van der Waals surface area contributed by atoms with Gasteiger partial charge in [0.2, 0.25) is 0 Å². The van der Waals surface area contributed by atoms with E-state index in [9.17, 15) is 22.7 Å². The molecule has 1 aliphatic carbocycles. The summed E-state index contributed by atoms with van der Waals surface area (Å²) in [5.74, 6) is -0.921. The van der Waals surface area contributed by atoms with Gasteiger partial charge in [-0.15, -0.1) is 0 Å². The van der Waals surface area contributed by atoms with Crippen LogP contribution in [0.25, 0.3) is 0 Å². The van der Waals surface area contributed by atoms with Gasteiger partial charge in [-0.25, -0.2) is 4.39 Å². The quantitative estimate of drug-likeness (QED) is 0.809. The zero-order chi connectivity index (χ0) is 13.8. The fourth-order valence-corrected chi connectivity index (χ4v) is 2.59. The smallest absolute Gasteiger partial charge is 0.395 e. The molecule has 18 heavy (non-hydrogen) atoms. The summed E-state index contributed by atoms with van der Waals surface area (Å²) >= 11 is 0. The summed E-state index contributed by atoms with van der Waals surface area (Å²) < 4.78 is 51.2. The molecule has 0 amide bonds. The molecule has 1 unspecified atom stereocenters. The van der Waals surface area contributed by atoms with E-state index in [0.29, 0.717) is 12.5 Å². The number of hydrogen-bond acceptors (Lipinski definition) is 1. The first-order valence-electron chi connectivity index (χ1n) is 5.61. The van der Waals surface area contributed by atoms with Crippen molar-refractivity contribution < 1.29 is 22.7 Å². The van der Waals surface area contributed by atoms with Crippen LogP contribution >= 0.6 is 0 Å². The first-order chi connectivity index (χ1) is 8.12. The SMILES string of the molecule is CC1(C)CC1(CO)c1cc(F)cc(C(F)(F)F)c1. The van der Waals surface area contributed by atoms with Crippen molar-refractivity contribution in [3.8, 4) is 0 Å². The summed E-state index contributed by atoms with van der Waals surface area (Å²) in [5.41, 5.74) is -1.84. The molecule has 0 bridgehead atoms. The fourth-order valence-electron chi connectivity index (χ4n) is 2.59. The summed E-state index contributed by atoms with van der Waals surface area (Å²) in [6.07, 6.45) is -4.02. The second-order valence-electron chi connectivity index (χ2n) is 5.53. The number of halogens is 4. The Morgan fingerprint density at radius 1 is 1.22 bits per heavy atom. The number of rotatable bonds is 2. The number of hydrogen-bond donors (Lipinski definition) is 1. The third-order valence-corrected chi connectivity index (χ3v) is 3.96. The molecule has 5 heteroatoms. The average molecular weight is 262 g/mol. The lowest BCUT2D eigenvalue weighted by Gasteiger charge is -2.20. The molecule has 1 saturated carbocycles. The van der Waals surface area contributed by atoms with Crippen LogP contribution in [0.3, 0.4) is 0 Å². The highest BCUT2D eigenvalue weighted by Gasteiger charge is 2.61. The molecule has 0 heterocycles. The van der Waals surface area contributed by atoms with Gasteiger partial charge in [0.05, 0.1) is 12.2 Å². The van der Waals surface area contributed by atoms with Gasteiger partial charge in [-0.1, -0.05) is 13.8 Å². The number of alkyl halides is 3. The van der Waals surface area contributed by atoms with E-state index in [4.69, 9.17) is 0 Å². The lowest BCUT2D eigenvalue weighted by molar-refractivity contribution is -0.137. The Kier molecular flexibility index (Phi) is 2.74. The van der Waals surface area contributed by atoms with Gasteiger partial charge in [0.15, 0.2) is 0 Å². The second-order valence-corrected chi connectivity index (χ2v) is 5.53. The van der Waals surface area contributed by atoms with Gasteiger partial charge in [-0.05, 0) is 35.6 Å². The lowest BCUT2D eigenvalue weighted by atomic mass is 9.87. The van der Waals surface area contributed by atoms with Gasteiger partial charge >= 0.3 is 6.18 Å². The molecule has 1 N–H and O–H groups in total. The van der Waals surface area contributed by atoms with Gasteiger partial charge < -0.3 is 5.11 Å². The minimum Gasteiger partial charge on any atom is -0.395 e. The number of benzene rings is 1. The first kappa shape index (κ1) is 13.3. The third-order valence-electron chi connectivity index (χ3n) is 3.96. The van der Waals surface area contributed by atoms with E-state index in [0.717, 1.165) is 12.1 Å². The molecule has 0 aliphatic heterocycles. The molecule has 1 fully saturated rings. The molecule has 0 saturated heterocycles. The Bertz CT molecular complexity index is 478. The van der Waals surface area contributed by atoms with Crippen molar-refractivity contribution in [1.29, 1.82) is 0 Å². The van der Waals surface area contributed by atoms with Crippen molar-refractivity contribution in [2.75, 3.05) is 6.61 Å². The third kappa shape index (κ3) is 1.90.